The van der Waals surface area contributed by atoms with Crippen molar-refractivity contribution < 1.29 is 9.59 Å². The number of amides is 2. The van der Waals surface area contributed by atoms with Gasteiger partial charge >= 0.3 is 0 Å². The largest absolute Gasteiger partial charge is 0.352 e. The Balaban J connectivity index is 2.01. The highest BCUT2D eigenvalue weighted by atomic mass is 16.2. The maximum atomic E-state index is 12.8. The molecule has 1 aliphatic heterocycles. The van der Waals surface area contributed by atoms with Gasteiger partial charge in [0.15, 0.2) is 0 Å². The van der Waals surface area contributed by atoms with E-state index in [1.165, 1.54) is 12.8 Å². The summed E-state index contributed by atoms with van der Waals surface area (Å²) in [6.45, 7) is 15.8. The fraction of sp³-hybridized carbons (Fsp3) is 0.895. The Bertz CT molecular complexity index is 479. The summed E-state index contributed by atoms with van der Waals surface area (Å²) in [5, 5.41) is 6.15. The first-order valence-electron chi connectivity index (χ1n) is 9.29. The zero-order valence-electron chi connectivity index (χ0n) is 16.4. The number of nitrogens with one attached hydrogen (secondary N) is 2. The summed E-state index contributed by atoms with van der Waals surface area (Å²) in [6, 6.07) is 0.771. The average Bonchev–Trinajstić information content (AvgIpc) is 2.67. The number of carbonyl (C=O) groups is 2. The van der Waals surface area contributed by atoms with Crippen LogP contribution in [0.3, 0.4) is 0 Å². The summed E-state index contributed by atoms with van der Waals surface area (Å²) >= 11 is 0. The highest BCUT2D eigenvalue weighted by molar-refractivity contribution is 6.04. The minimum atomic E-state index is -1.05. The molecule has 2 aliphatic rings. The van der Waals surface area contributed by atoms with Crippen LogP contribution in [0.2, 0.25) is 0 Å². The van der Waals surface area contributed by atoms with Crippen molar-refractivity contribution in [2.45, 2.75) is 78.9 Å². The van der Waals surface area contributed by atoms with Crippen molar-refractivity contribution in [2.24, 2.45) is 17.3 Å². The monoisotopic (exact) mass is 337 g/mol. The first kappa shape index (κ1) is 19.2. The van der Waals surface area contributed by atoms with Crippen LogP contribution in [0, 0.1) is 17.3 Å². The summed E-state index contributed by atoms with van der Waals surface area (Å²) in [4.78, 5) is 27.8. The maximum absolute atomic E-state index is 12.8. The van der Waals surface area contributed by atoms with Gasteiger partial charge in [-0.3, -0.25) is 9.59 Å². The van der Waals surface area contributed by atoms with Gasteiger partial charge < -0.3 is 15.5 Å². The van der Waals surface area contributed by atoms with Crippen LogP contribution in [0.4, 0.5) is 0 Å². The first-order valence-corrected chi connectivity index (χ1v) is 9.29. The van der Waals surface area contributed by atoms with E-state index in [0.717, 1.165) is 13.1 Å². The van der Waals surface area contributed by atoms with Gasteiger partial charge in [-0.15, -0.1) is 0 Å². The first-order chi connectivity index (χ1) is 10.9. The van der Waals surface area contributed by atoms with E-state index in [1.807, 2.05) is 20.8 Å². The molecule has 5 nitrogen and oxygen atoms in total. The fourth-order valence-electron chi connectivity index (χ4n) is 3.85. The molecule has 1 saturated heterocycles. The minimum absolute atomic E-state index is 0.149. The van der Waals surface area contributed by atoms with Gasteiger partial charge in [-0.25, -0.2) is 0 Å². The molecule has 24 heavy (non-hydrogen) atoms. The van der Waals surface area contributed by atoms with Crippen molar-refractivity contribution in [3.63, 3.8) is 0 Å². The van der Waals surface area contributed by atoms with Crippen molar-refractivity contribution >= 4 is 11.8 Å². The van der Waals surface area contributed by atoms with Crippen LogP contribution in [0.1, 0.15) is 61.3 Å². The second kappa shape index (κ2) is 6.66. The van der Waals surface area contributed by atoms with Gasteiger partial charge in [0.05, 0.1) is 0 Å². The fourth-order valence-corrected chi connectivity index (χ4v) is 3.85. The summed E-state index contributed by atoms with van der Waals surface area (Å²) in [5.41, 5.74) is -1.39. The highest BCUT2D eigenvalue weighted by Crippen LogP contribution is 2.38. The predicted molar refractivity (Wildman–Crippen MR) is 96.5 cm³/mol. The van der Waals surface area contributed by atoms with Gasteiger partial charge in [-0.2, -0.15) is 0 Å². The number of fused-ring (bicyclic) bond motifs is 2. The van der Waals surface area contributed by atoms with E-state index in [9.17, 15) is 9.59 Å². The van der Waals surface area contributed by atoms with Gasteiger partial charge in [0.25, 0.3) is 0 Å². The molecule has 0 radical (unpaired) electrons. The van der Waals surface area contributed by atoms with Crippen LogP contribution in [0.15, 0.2) is 0 Å². The molecule has 2 amide bonds. The second-order valence-electron chi connectivity index (χ2n) is 9.47. The van der Waals surface area contributed by atoms with Crippen molar-refractivity contribution in [2.75, 3.05) is 13.1 Å². The molecule has 2 rings (SSSR count). The lowest BCUT2D eigenvalue weighted by atomic mass is 9.86. The van der Waals surface area contributed by atoms with E-state index >= 15 is 0 Å². The molecular weight excluding hydrogens is 302 g/mol. The summed E-state index contributed by atoms with van der Waals surface area (Å²) in [5.74, 6) is 0.664. The Hall–Kier alpha value is -1.10. The van der Waals surface area contributed by atoms with E-state index in [4.69, 9.17) is 0 Å². The van der Waals surface area contributed by atoms with Gasteiger partial charge in [0, 0.05) is 30.7 Å². The van der Waals surface area contributed by atoms with Crippen LogP contribution < -0.4 is 10.6 Å². The Morgan fingerprint density at radius 1 is 0.958 bits per heavy atom. The van der Waals surface area contributed by atoms with Gasteiger partial charge in [0.2, 0.25) is 11.8 Å². The molecule has 138 valence electrons. The Morgan fingerprint density at radius 3 is 1.88 bits per heavy atom. The number of hydrogen-bond donors (Lipinski definition) is 2. The zero-order chi connectivity index (χ0) is 18.3. The smallest absolute Gasteiger partial charge is 0.235 e. The normalized spacial score (nSPS) is 28.1. The molecule has 0 aromatic carbocycles. The summed E-state index contributed by atoms with van der Waals surface area (Å²) < 4.78 is 0. The van der Waals surface area contributed by atoms with Crippen LogP contribution in [-0.4, -0.2) is 47.4 Å². The Labute approximate surface area is 146 Å². The number of hydrogen-bond acceptors (Lipinski definition) is 3. The molecule has 5 heteroatoms. The molecule has 1 saturated carbocycles. The minimum Gasteiger partial charge on any atom is -0.352 e. The third-order valence-electron chi connectivity index (χ3n) is 5.51. The van der Waals surface area contributed by atoms with Gasteiger partial charge in [-0.1, -0.05) is 0 Å². The lowest BCUT2D eigenvalue weighted by Gasteiger charge is -2.41. The maximum Gasteiger partial charge on any atom is 0.235 e. The molecule has 1 aliphatic carbocycles. The standard InChI is InChI=1S/C19H35N3O2/c1-12(2)22-10-13-8-9-14(11-22)15(13)20-16(23)19(6,7)17(24)21-18(3,4)5/h12-15H,8-11H2,1-7H3,(H,20,23)(H,21,24)/t13-,14+,15?. The third kappa shape index (κ3) is 4.11. The highest BCUT2D eigenvalue weighted by Gasteiger charge is 2.46. The van der Waals surface area contributed by atoms with Crippen LogP contribution >= 0.6 is 0 Å². The summed E-state index contributed by atoms with van der Waals surface area (Å²) in [6.07, 6.45) is 2.35. The molecule has 2 N–H and O–H groups in total. The van der Waals surface area contributed by atoms with Crippen molar-refractivity contribution in [1.29, 1.82) is 0 Å². The molecule has 2 bridgehead atoms. The third-order valence-corrected chi connectivity index (χ3v) is 5.51. The predicted octanol–water partition coefficient (Wildman–Crippen LogP) is 2.16. The van der Waals surface area contributed by atoms with Crippen LogP contribution in [-0.2, 0) is 9.59 Å². The number of piperidine rings is 1. The number of nitrogens with zero attached hydrogens (tertiary/aromatic N) is 1. The van der Waals surface area contributed by atoms with E-state index in [-0.39, 0.29) is 23.4 Å². The molecule has 2 fully saturated rings. The van der Waals surface area contributed by atoms with Crippen LogP contribution in [0.5, 0.6) is 0 Å². The topological polar surface area (TPSA) is 61.4 Å². The second-order valence-corrected chi connectivity index (χ2v) is 9.47. The molecule has 0 aromatic heterocycles. The lowest BCUT2D eigenvalue weighted by molar-refractivity contribution is -0.143. The van der Waals surface area contributed by atoms with E-state index in [2.05, 4.69) is 29.4 Å². The molecule has 3 atom stereocenters. The average molecular weight is 338 g/mol. The SMILES string of the molecule is CC(C)N1C[C@H]2CC[C@@H](C1)C2NC(=O)C(C)(C)C(=O)NC(C)(C)C. The molecule has 1 heterocycles. The van der Waals surface area contributed by atoms with Gasteiger partial charge in [0.1, 0.15) is 5.41 Å². The van der Waals surface area contributed by atoms with E-state index in [0.29, 0.717) is 17.9 Å². The quantitative estimate of drug-likeness (QED) is 0.773. The molecule has 0 spiro atoms. The van der Waals surface area contributed by atoms with Crippen LogP contribution in [0.25, 0.3) is 0 Å². The Morgan fingerprint density at radius 2 is 1.46 bits per heavy atom. The van der Waals surface area contributed by atoms with Crippen molar-refractivity contribution in [1.82, 2.24) is 15.5 Å². The number of carbonyl (C=O) groups excluding carboxylic acids is 2. The zero-order valence-corrected chi connectivity index (χ0v) is 16.4. The summed E-state index contributed by atoms with van der Waals surface area (Å²) in [7, 11) is 0. The van der Waals surface area contributed by atoms with E-state index in [1.54, 1.807) is 13.8 Å². The lowest BCUT2D eigenvalue weighted by Crippen LogP contribution is -2.58. The van der Waals surface area contributed by atoms with Gasteiger partial charge in [-0.05, 0) is 73.1 Å². The Kier molecular flexibility index (Phi) is 5.34. The number of likely N-dealkylation sites (tertiary alicyclic amines) is 1. The van der Waals surface area contributed by atoms with Crippen molar-refractivity contribution in [3.05, 3.63) is 0 Å². The molecular formula is C19H35N3O2. The van der Waals surface area contributed by atoms with E-state index < -0.39 is 5.41 Å². The molecule has 1 unspecified atom stereocenters. The van der Waals surface area contributed by atoms with Crippen molar-refractivity contribution in [3.8, 4) is 0 Å². The molecule has 0 aromatic rings. The number of rotatable bonds is 4.